The fourth-order valence-corrected chi connectivity index (χ4v) is 2.20. The topological polar surface area (TPSA) is 54.4 Å². The molecule has 1 unspecified atom stereocenters. The Morgan fingerprint density at radius 2 is 2.21 bits per heavy atom. The van der Waals surface area contributed by atoms with Gasteiger partial charge in [-0.3, -0.25) is 9.00 Å². The number of aliphatic carboxylic acids is 1. The van der Waals surface area contributed by atoms with E-state index in [2.05, 4.69) is 0 Å². The zero-order valence-corrected chi connectivity index (χ0v) is 8.71. The minimum Gasteiger partial charge on any atom is -0.481 e. The lowest BCUT2D eigenvalue weighted by Crippen LogP contribution is -2.04. The summed E-state index contributed by atoms with van der Waals surface area (Å²) in [5.74, 6) is -0.732. The molecule has 0 fully saturated rings. The van der Waals surface area contributed by atoms with E-state index in [-0.39, 0.29) is 12.2 Å². The highest BCUT2D eigenvalue weighted by atomic mass is 32.2. The molecule has 0 spiro atoms. The summed E-state index contributed by atoms with van der Waals surface area (Å²) in [5.41, 5.74) is 1.03. The molecule has 14 heavy (non-hydrogen) atoms. The molecule has 0 aliphatic heterocycles. The fourth-order valence-electron chi connectivity index (χ4n) is 1.05. The van der Waals surface area contributed by atoms with Crippen LogP contribution in [0.15, 0.2) is 29.2 Å². The molecule has 0 aliphatic rings. The van der Waals surface area contributed by atoms with E-state index in [0.29, 0.717) is 4.90 Å². The summed E-state index contributed by atoms with van der Waals surface area (Å²) in [4.78, 5) is 11.0. The van der Waals surface area contributed by atoms with Crippen LogP contribution < -0.4 is 0 Å². The van der Waals surface area contributed by atoms with E-state index in [1.54, 1.807) is 6.07 Å². The molecule has 0 radical (unpaired) electrons. The predicted octanol–water partition coefficient (Wildman–Crippen LogP) is 1.58. The van der Waals surface area contributed by atoms with Crippen molar-refractivity contribution in [1.82, 2.24) is 0 Å². The molecule has 0 heterocycles. The standard InChI is InChI=1S/C10H12O3S/c1-8-3-2-4-9(7-8)14(13)6-5-10(11)12/h2-4,7H,5-6H2,1H3,(H,11,12). The van der Waals surface area contributed by atoms with Gasteiger partial charge in [-0.05, 0) is 24.6 Å². The maximum absolute atomic E-state index is 11.5. The largest absolute Gasteiger partial charge is 0.481 e. The molecule has 0 saturated heterocycles. The Labute approximate surface area is 85.2 Å². The Morgan fingerprint density at radius 1 is 1.50 bits per heavy atom. The average Bonchev–Trinajstić information content (AvgIpc) is 2.14. The van der Waals surface area contributed by atoms with Crippen molar-refractivity contribution in [2.45, 2.75) is 18.2 Å². The van der Waals surface area contributed by atoms with Gasteiger partial charge in [0.25, 0.3) is 0 Å². The molecular formula is C10H12O3S. The molecule has 4 heteroatoms. The lowest BCUT2D eigenvalue weighted by molar-refractivity contribution is -0.136. The Bertz CT molecular complexity index is 360. The van der Waals surface area contributed by atoms with Crippen molar-refractivity contribution in [3.8, 4) is 0 Å². The van der Waals surface area contributed by atoms with Crippen molar-refractivity contribution in [1.29, 1.82) is 0 Å². The van der Waals surface area contributed by atoms with E-state index in [1.165, 1.54) is 0 Å². The first-order valence-corrected chi connectivity index (χ1v) is 5.58. The lowest BCUT2D eigenvalue weighted by atomic mass is 10.2. The van der Waals surface area contributed by atoms with Crippen LogP contribution in [-0.4, -0.2) is 21.0 Å². The molecule has 76 valence electrons. The summed E-state index contributed by atoms with van der Waals surface area (Å²) >= 11 is 0. The number of hydrogen-bond donors (Lipinski definition) is 1. The van der Waals surface area contributed by atoms with Crippen molar-refractivity contribution >= 4 is 16.8 Å². The Kier molecular flexibility index (Phi) is 3.83. The van der Waals surface area contributed by atoms with E-state index in [1.807, 2.05) is 25.1 Å². The molecule has 3 nitrogen and oxygen atoms in total. The number of carbonyl (C=O) groups is 1. The molecule has 1 N–H and O–H groups in total. The summed E-state index contributed by atoms with van der Waals surface area (Å²) in [5, 5.41) is 8.43. The third-order valence-electron chi connectivity index (χ3n) is 1.75. The number of aryl methyl sites for hydroxylation is 1. The smallest absolute Gasteiger partial charge is 0.304 e. The average molecular weight is 212 g/mol. The molecule has 0 aliphatic carbocycles. The summed E-state index contributed by atoms with van der Waals surface area (Å²) in [6, 6.07) is 7.31. The number of rotatable bonds is 4. The normalized spacial score (nSPS) is 12.4. The highest BCUT2D eigenvalue weighted by molar-refractivity contribution is 7.85. The molecule has 0 aromatic heterocycles. The van der Waals surface area contributed by atoms with Crippen LogP contribution >= 0.6 is 0 Å². The quantitative estimate of drug-likeness (QED) is 0.824. The minimum absolute atomic E-state index is 0.0550. The highest BCUT2D eigenvalue weighted by Gasteiger charge is 2.06. The molecule has 1 rings (SSSR count). The first-order chi connectivity index (χ1) is 6.59. The van der Waals surface area contributed by atoms with Crippen molar-refractivity contribution in [3.63, 3.8) is 0 Å². The van der Waals surface area contributed by atoms with Gasteiger partial charge < -0.3 is 5.11 Å². The van der Waals surface area contributed by atoms with E-state index in [9.17, 15) is 9.00 Å². The Hall–Kier alpha value is -1.16. The summed E-state index contributed by atoms with van der Waals surface area (Å²) in [6.45, 7) is 1.91. The fraction of sp³-hybridized carbons (Fsp3) is 0.300. The van der Waals surface area contributed by atoms with Crippen LogP contribution in [0.3, 0.4) is 0 Å². The lowest BCUT2D eigenvalue weighted by Gasteiger charge is -2.01. The first kappa shape index (κ1) is 10.9. The van der Waals surface area contributed by atoms with Gasteiger partial charge >= 0.3 is 5.97 Å². The summed E-state index contributed by atoms with van der Waals surface area (Å²) in [7, 11) is -1.20. The van der Waals surface area contributed by atoms with Crippen LogP contribution in [0.1, 0.15) is 12.0 Å². The second-order valence-corrected chi connectivity index (χ2v) is 4.58. The molecule has 1 aromatic rings. The second kappa shape index (κ2) is 4.91. The number of benzene rings is 1. The van der Waals surface area contributed by atoms with Crippen molar-refractivity contribution in [2.24, 2.45) is 0 Å². The molecule has 0 saturated carbocycles. The highest BCUT2D eigenvalue weighted by Crippen LogP contribution is 2.09. The van der Waals surface area contributed by atoms with Crippen LogP contribution in [0.2, 0.25) is 0 Å². The SMILES string of the molecule is Cc1cccc(S(=O)CCC(=O)O)c1. The van der Waals surface area contributed by atoms with Crippen molar-refractivity contribution in [3.05, 3.63) is 29.8 Å². The van der Waals surface area contributed by atoms with Crippen LogP contribution in [0.25, 0.3) is 0 Å². The van der Waals surface area contributed by atoms with Crippen LogP contribution in [-0.2, 0) is 15.6 Å². The molecule has 0 bridgehead atoms. The van der Waals surface area contributed by atoms with Gasteiger partial charge in [0.05, 0.1) is 17.2 Å². The summed E-state index contributed by atoms with van der Waals surface area (Å²) < 4.78 is 11.5. The van der Waals surface area contributed by atoms with Gasteiger partial charge in [0.1, 0.15) is 0 Å². The Balaban J connectivity index is 2.65. The maximum atomic E-state index is 11.5. The van der Waals surface area contributed by atoms with Gasteiger partial charge in [-0.2, -0.15) is 0 Å². The third kappa shape index (κ3) is 3.30. The molecule has 1 atom stereocenters. The van der Waals surface area contributed by atoms with E-state index in [4.69, 9.17) is 5.11 Å². The van der Waals surface area contributed by atoms with Gasteiger partial charge in [0.15, 0.2) is 0 Å². The number of carboxylic acids is 1. The van der Waals surface area contributed by atoms with Crippen molar-refractivity contribution < 1.29 is 14.1 Å². The molecular weight excluding hydrogens is 200 g/mol. The van der Waals surface area contributed by atoms with E-state index >= 15 is 0 Å². The minimum atomic E-state index is -1.20. The molecule has 0 amide bonds. The van der Waals surface area contributed by atoms with Gasteiger partial charge in [0.2, 0.25) is 0 Å². The molecule has 1 aromatic carbocycles. The van der Waals surface area contributed by atoms with Gasteiger partial charge in [-0.25, -0.2) is 0 Å². The number of hydrogen-bond acceptors (Lipinski definition) is 2. The van der Waals surface area contributed by atoms with Crippen molar-refractivity contribution in [2.75, 3.05) is 5.75 Å². The van der Waals surface area contributed by atoms with Gasteiger partial charge in [0, 0.05) is 10.6 Å². The van der Waals surface area contributed by atoms with Crippen LogP contribution in [0.4, 0.5) is 0 Å². The van der Waals surface area contributed by atoms with Gasteiger partial charge in [-0.1, -0.05) is 12.1 Å². The second-order valence-electron chi connectivity index (χ2n) is 3.01. The van der Waals surface area contributed by atoms with E-state index < -0.39 is 16.8 Å². The van der Waals surface area contributed by atoms with Gasteiger partial charge in [-0.15, -0.1) is 0 Å². The zero-order valence-electron chi connectivity index (χ0n) is 7.90. The first-order valence-electron chi connectivity index (χ1n) is 4.26. The Morgan fingerprint density at radius 3 is 2.79 bits per heavy atom. The maximum Gasteiger partial charge on any atom is 0.304 e. The van der Waals surface area contributed by atoms with Crippen LogP contribution in [0, 0.1) is 6.92 Å². The zero-order chi connectivity index (χ0) is 10.6. The summed E-state index contributed by atoms with van der Waals surface area (Å²) in [6.07, 6.45) is -0.0550. The number of carboxylic acid groups (broad SMARTS) is 1. The monoisotopic (exact) mass is 212 g/mol. The third-order valence-corrected chi connectivity index (χ3v) is 3.11. The van der Waals surface area contributed by atoms with Crippen LogP contribution in [0.5, 0.6) is 0 Å². The van der Waals surface area contributed by atoms with E-state index in [0.717, 1.165) is 5.56 Å². The predicted molar refractivity (Wildman–Crippen MR) is 54.7 cm³/mol.